The van der Waals surface area contributed by atoms with Crippen molar-refractivity contribution in [3.05, 3.63) is 90.0 Å². The quantitative estimate of drug-likeness (QED) is 0.492. The fraction of sp³-hybridized carbons (Fsp3) is 0.310. The highest BCUT2D eigenvalue weighted by Gasteiger charge is 2.26. The fourth-order valence-electron chi connectivity index (χ4n) is 4.21. The second-order valence-corrected chi connectivity index (χ2v) is 8.84. The third-order valence-electron chi connectivity index (χ3n) is 6.39. The number of methoxy groups -OCH3 is 1. The number of hydrogen-bond donors (Lipinski definition) is 1. The molecule has 0 aromatic heterocycles. The molecule has 1 unspecified atom stereocenters. The van der Waals surface area contributed by atoms with Crippen LogP contribution in [-0.2, 0) is 27.3 Å². The van der Waals surface area contributed by atoms with Crippen LogP contribution < -0.4 is 15.0 Å². The van der Waals surface area contributed by atoms with Crippen molar-refractivity contribution in [3.8, 4) is 5.75 Å². The molecule has 0 aliphatic carbocycles. The Kier molecular flexibility index (Phi) is 8.57. The molecule has 0 radical (unpaired) electrons. The maximum Gasteiger partial charge on any atom is 0.246 e. The minimum absolute atomic E-state index is 0.109. The molecule has 1 aliphatic rings. The highest BCUT2D eigenvalue weighted by atomic mass is 16.5. The summed E-state index contributed by atoms with van der Waals surface area (Å²) in [4.78, 5) is 30.5. The number of amides is 2. The molecule has 0 spiro atoms. The number of nitrogens with zero attached hydrogens (tertiary/aromatic N) is 2. The fourth-order valence-corrected chi connectivity index (χ4v) is 4.21. The lowest BCUT2D eigenvalue weighted by Crippen LogP contribution is -2.45. The van der Waals surface area contributed by atoms with Crippen molar-refractivity contribution in [2.45, 2.75) is 25.9 Å². The molecule has 1 atom stereocenters. The third kappa shape index (κ3) is 6.64. The molecule has 0 bridgehead atoms. The molecule has 36 heavy (non-hydrogen) atoms. The zero-order valence-electron chi connectivity index (χ0n) is 20.9. The van der Waals surface area contributed by atoms with Crippen LogP contribution in [-0.4, -0.2) is 56.2 Å². The SMILES string of the molecule is COc1ccc(CN(C(=O)Cc2ccccc2)C(C)C(=O)Nc2ccc(N3CCOCC3)cc2)cc1. The normalized spacial score (nSPS) is 14.1. The van der Waals surface area contributed by atoms with Gasteiger partial charge in [0, 0.05) is 31.0 Å². The Morgan fingerprint density at radius 3 is 2.25 bits per heavy atom. The van der Waals surface area contributed by atoms with Crippen molar-refractivity contribution in [1.29, 1.82) is 0 Å². The second-order valence-electron chi connectivity index (χ2n) is 8.84. The van der Waals surface area contributed by atoms with E-state index >= 15 is 0 Å². The van der Waals surface area contributed by atoms with Crippen LogP contribution in [0.4, 0.5) is 11.4 Å². The Morgan fingerprint density at radius 2 is 1.61 bits per heavy atom. The van der Waals surface area contributed by atoms with Gasteiger partial charge in [-0.05, 0) is 54.4 Å². The van der Waals surface area contributed by atoms with E-state index in [1.165, 1.54) is 0 Å². The van der Waals surface area contributed by atoms with E-state index in [4.69, 9.17) is 9.47 Å². The third-order valence-corrected chi connectivity index (χ3v) is 6.39. The summed E-state index contributed by atoms with van der Waals surface area (Å²) in [7, 11) is 1.62. The molecule has 2 amide bonds. The van der Waals surface area contributed by atoms with Gasteiger partial charge in [0.15, 0.2) is 0 Å². The number of morpholine rings is 1. The average molecular weight is 488 g/mol. The van der Waals surface area contributed by atoms with Crippen LogP contribution >= 0.6 is 0 Å². The van der Waals surface area contributed by atoms with E-state index < -0.39 is 6.04 Å². The Hall–Kier alpha value is -3.84. The van der Waals surface area contributed by atoms with E-state index in [1.54, 1.807) is 18.9 Å². The largest absolute Gasteiger partial charge is 0.497 e. The van der Waals surface area contributed by atoms with E-state index in [2.05, 4.69) is 10.2 Å². The summed E-state index contributed by atoms with van der Waals surface area (Å²) in [5.41, 5.74) is 3.63. The van der Waals surface area contributed by atoms with Crippen LogP contribution in [0.2, 0.25) is 0 Å². The molecule has 4 rings (SSSR count). The summed E-state index contributed by atoms with van der Waals surface area (Å²) < 4.78 is 10.7. The van der Waals surface area contributed by atoms with Gasteiger partial charge in [0.25, 0.3) is 0 Å². The van der Waals surface area contributed by atoms with Crippen LogP contribution in [0.1, 0.15) is 18.1 Å². The Bertz CT molecular complexity index is 1130. The van der Waals surface area contributed by atoms with Crippen molar-refractivity contribution in [3.63, 3.8) is 0 Å². The summed E-state index contributed by atoms with van der Waals surface area (Å²) in [6, 6.07) is 24.3. The number of benzene rings is 3. The lowest BCUT2D eigenvalue weighted by Gasteiger charge is -2.30. The lowest BCUT2D eigenvalue weighted by atomic mass is 10.1. The molecule has 0 saturated carbocycles. The summed E-state index contributed by atoms with van der Waals surface area (Å²) in [5, 5.41) is 2.98. The molecule has 1 fully saturated rings. The lowest BCUT2D eigenvalue weighted by molar-refractivity contribution is -0.138. The molecule has 1 heterocycles. The van der Waals surface area contributed by atoms with Crippen molar-refractivity contribution >= 4 is 23.2 Å². The number of ether oxygens (including phenoxy) is 2. The van der Waals surface area contributed by atoms with Crippen molar-refractivity contribution in [2.75, 3.05) is 43.6 Å². The molecule has 188 valence electrons. The Morgan fingerprint density at radius 1 is 0.944 bits per heavy atom. The molecule has 1 aliphatic heterocycles. The molecule has 3 aromatic rings. The standard InChI is InChI=1S/C29H33N3O4/c1-22(29(34)30-25-10-12-26(13-11-25)31-16-18-36-19-17-31)32(21-24-8-14-27(35-2)15-9-24)28(33)20-23-6-4-3-5-7-23/h3-15,22H,16-21H2,1-2H3,(H,30,34). The Labute approximate surface area is 212 Å². The van der Waals surface area contributed by atoms with Crippen molar-refractivity contribution < 1.29 is 19.1 Å². The van der Waals surface area contributed by atoms with E-state index in [1.807, 2.05) is 78.9 Å². The monoisotopic (exact) mass is 487 g/mol. The number of nitrogens with one attached hydrogen (secondary N) is 1. The summed E-state index contributed by atoms with van der Waals surface area (Å²) in [6.45, 7) is 5.23. The molecule has 1 saturated heterocycles. The van der Waals surface area contributed by atoms with E-state index in [-0.39, 0.29) is 18.2 Å². The van der Waals surface area contributed by atoms with Gasteiger partial charge in [0.2, 0.25) is 11.8 Å². The minimum atomic E-state index is -0.665. The summed E-state index contributed by atoms with van der Waals surface area (Å²) in [5.74, 6) is 0.401. The number of anilines is 2. The van der Waals surface area contributed by atoms with Gasteiger partial charge in [-0.25, -0.2) is 0 Å². The zero-order chi connectivity index (χ0) is 25.3. The van der Waals surface area contributed by atoms with Gasteiger partial charge < -0.3 is 24.6 Å². The highest BCUT2D eigenvalue weighted by molar-refractivity contribution is 5.97. The van der Waals surface area contributed by atoms with Gasteiger partial charge in [-0.2, -0.15) is 0 Å². The zero-order valence-corrected chi connectivity index (χ0v) is 20.9. The van der Waals surface area contributed by atoms with Gasteiger partial charge in [0.1, 0.15) is 11.8 Å². The first-order chi connectivity index (χ1) is 17.5. The maximum absolute atomic E-state index is 13.4. The summed E-state index contributed by atoms with van der Waals surface area (Å²) >= 11 is 0. The molecule has 7 heteroatoms. The molecule has 1 N–H and O–H groups in total. The van der Waals surface area contributed by atoms with Crippen molar-refractivity contribution in [2.24, 2.45) is 0 Å². The second kappa shape index (κ2) is 12.2. The first-order valence-electron chi connectivity index (χ1n) is 12.2. The number of hydrogen-bond acceptors (Lipinski definition) is 5. The van der Waals surface area contributed by atoms with Crippen LogP contribution in [0, 0.1) is 0 Å². The number of rotatable bonds is 9. The van der Waals surface area contributed by atoms with E-state index in [0.717, 1.165) is 48.9 Å². The van der Waals surface area contributed by atoms with Crippen molar-refractivity contribution in [1.82, 2.24) is 4.90 Å². The van der Waals surface area contributed by atoms with Crippen LogP contribution in [0.25, 0.3) is 0 Å². The topological polar surface area (TPSA) is 71.1 Å². The van der Waals surface area contributed by atoms with E-state index in [9.17, 15) is 9.59 Å². The van der Waals surface area contributed by atoms with Crippen LogP contribution in [0.15, 0.2) is 78.9 Å². The van der Waals surface area contributed by atoms with Gasteiger partial charge in [-0.15, -0.1) is 0 Å². The molecule has 7 nitrogen and oxygen atoms in total. The average Bonchev–Trinajstić information content (AvgIpc) is 2.93. The first-order valence-corrected chi connectivity index (χ1v) is 12.2. The van der Waals surface area contributed by atoms with Gasteiger partial charge >= 0.3 is 0 Å². The molecule has 3 aromatic carbocycles. The molecular formula is C29H33N3O4. The summed E-state index contributed by atoms with van der Waals surface area (Å²) in [6.07, 6.45) is 0.225. The van der Waals surface area contributed by atoms with Gasteiger partial charge in [0.05, 0.1) is 26.7 Å². The van der Waals surface area contributed by atoms with E-state index in [0.29, 0.717) is 12.2 Å². The van der Waals surface area contributed by atoms with Gasteiger partial charge in [-0.3, -0.25) is 9.59 Å². The maximum atomic E-state index is 13.4. The molecular weight excluding hydrogens is 454 g/mol. The number of carbonyl (C=O) groups is 2. The van der Waals surface area contributed by atoms with Crippen LogP contribution in [0.3, 0.4) is 0 Å². The number of carbonyl (C=O) groups excluding carboxylic acids is 2. The van der Waals surface area contributed by atoms with Gasteiger partial charge in [-0.1, -0.05) is 42.5 Å². The predicted molar refractivity (Wildman–Crippen MR) is 141 cm³/mol. The Balaban J connectivity index is 1.46. The first kappa shape index (κ1) is 25.3. The predicted octanol–water partition coefficient (Wildman–Crippen LogP) is 4.13. The minimum Gasteiger partial charge on any atom is -0.497 e. The smallest absolute Gasteiger partial charge is 0.246 e. The van der Waals surface area contributed by atoms with Crippen LogP contribution in [0.5, 0.6) is 5.75 Å². The highest BCUT2D eigenvalue weighted by Crippen LogP contribution is 2.21.